The number of hydrogen-bond acceptors (Lipinski definition) is 4. The number of piperidine rings is 1. The van der Waals surface area contributed by atoms with Crippen molar-refractivity contribution in [1.82, 2.24) is 10.0 Å². The molecule has 0 aromatic heterocycles. The number of carbonyl (C=O) groups excluding carboxylic acids is 1. The summed E-state index contributed by atoms with van der Waals surface area (Å²) >= 11 is 12.4. The standard InChI is InChI=1S/C28H34Cl2N2O5S/c1-17(13-24(18-9-11-20(29)12-10-18)32-38(36,37)22-7-4-8-22)26-23(19-5-3-6-21(30)14-19)15-28(2,16-25(33)34)27(35)31-26/h3,5-6,9-12,14,17,22-24,26,32H,4,7-8,13,15-16H2,1-2H3,(H,31,35)(H,33,34). The van der Waals surface area contributed by atoms with Gasteiger partial charge < -0.3 is 10.4 Å². The van der Waals surface area contributed by atoms with Crippen LogP contribution in [0.15, 0.2) is 48.5 Å². The number of amides is 1. The first-order valence-electron chi connectivity index (χ1n) is 12.9. The molecule has 7 nitrogen and oxygen atoms in total. The van der Waals surface area contributed by atoms with E-state index in [0.717, 1.165) is 17.5 Å². The molecule has 0 spiro atoms. The number of carbonyl (C=O) groups is 2. The predicted molar refractivity (Wildman–Crippen MR) is 149 cm³/mol. The lowest BCUT2D eigenvalue weighted by Crippen LogP contribution is -2.56. The Labute approximate surface area is 234 Å². The van der Waals surface area contributed by atoms with Crippen molar-refractivity contribution in [3.8, 4) is 0 Å². The van der Waals surface area contributed by atoms with Crippen LogP contribution in [0.3, 0.4) is 0 Å². The normalized spacial score (nSPS) is 25.7. The smallest absolute Gasteiger partial charge is 0.304 e. The second-order valence-corrected chi connectivity index (χ2v) is 13.9. The van der Waals surface area contributed by atoms with Gasteiger partial charge in [-0.2, -0.15) is 0 Å². The van der Waals surface area contributed by atoms with Crippen molar-refractivity contribution < 1.29 is 23.1 Å². The van der Waals surface area contributed by atoms with Crippen molar-refractivity contribution in [2.45, 2.75) is 75.6 Å². The molecule has 10 heteroatoms. The minimum atomic E-state index is -3.52. The average Bonchev–Trinajstić information content (AvgIpc) is 2.78. The minimum Gasteiger partial charge on any atom is -0.481 e. The Kier molecular flexibility index (Phi) is 8.77. The lowest BCUT2D eigenvalue weighted by atomic mass is 9.67. The zero-order valence-corrected chi connectivity index (χ0v) is 23.8. The molecule has 38 heavy (non-hydrogen) atoms. The molecule has 2 aromatic carbocycles. The summed E-state index contributed by atoms with van der Waals surface area (Å²) in [5, 5.41) is 13.3. The number of rotatable bonds is 10. The molecular weight excluding hydrogens is 547 g/mol. The lowest BCUT2D eigenvalue weighted by molar-refractivity contribution is -0.147. The van der Waals surface area contributed by atoms with Gasteiger partial charge in [0.1, 0.15) is 0 Å². The first kappa shape index (κ1) is 28.9. The summed E-state index contributed by atoms with van der Waals surface area (Å²) in [6, 6.07) is 13.6. The number of aliphatic carboxylic acids is 1. The van der Waals surface area contributed by atoms with Gasteiger partial charge in [-0.05, 0) is 67.0 Å². The molecule has 4 rings (SSSR count). The SMILES string of the molecule is CC(CC(NS(=O)(=O)C1CCC1)c1ccc(Cl)cc1)C1NC(=O)C(C)(CC(=O)O)CC1c1cccc(Cl)c1. The zero-order chi connectivity index (χ0) is 27.7. The van der Waals surface area contributed by atoms with Crippen molar-refractivity contribution in [3.63, 3.8) is 0 Å². The van der Waals surface area contributed by atoms with E-state index in [1.54, 1.807) is 25.1 Å². The molecule has 206 valence electrons. The molecule has 5 atom stereocenters. The number of hydrogen-bond donors (Lipinski definition) is 3. The number of benzene rings is 2. The summed E-state index contributed by atoms with van der Waals surface area (Å²) < 4.78 is 29.2. The van der Waals surface area contributed by atoms with Gasteiger partial charge in [-0.3, -0.25) is 9.59 Å². The van der Waals surface area contributed by atoms with Crippen LogP contribution in [-0.4, -0.2) is 36.7 Å². The van der Waals surface area contributed by atoms with Gasteiger partial charge in [0.05, 0.1) is 17.1 Å². The maximum Gasteiger partial charge on any atom is 0.304 e. The molecule has 0 radical (unpaired) electrons. The Bertz CT molecular complexity index is 1280. The Morgan fingerprint density at radius 3 is 2.42 bits per heavy atom. The summed E-state index contributed by atoms with van der Waals surface area (Å²) in [5.74, 6) is -1.72. The molecule has 2 fully saturated rings. The highest BCUT2D eigenvalue weighted by atomic mass is 35.5. The molecule has 1 saturated heterocycles. The first-order chi connectivity index (χ1) is 17.9. The third-order valence-electron chi connectivity index (χ3n) is 8.06. The fourth-order valence-electron chi connectivity index (χ4n) is 5.66. The van der Waals surface area contributed by atoms with Crippen LogP contribution in [0.4, 0.5) is 0 Å². The monoisotopic (exact) mass is 580 g/mol. The number of carboxylic acids is 1. The van der Waals surface area contributed by atoms with Crippen LogP contribution >= 0.6 is 23.2 Å². The Balaban J connectivity index is 1.65. The van der Waals surface area contributed by atoms with E-state index in [1.165, 1.54) is 0 Å². The van der Waals surface area contributed by atoms with E-state index in [9.17, 15) is 23.1 Å². The van der Waals surface area contributed by atoms with Crippen molar-refractivity contribution in [3.05, 3.63) is 69.7 Å². The molecule has 1 heterocycles. The lowest BCUT2D eigenvalue weighted by Gasteiger charge is -2.45. The van der Waals surface area contributed by atoms with E-state index in [2.05, 4.69) is 10.0 Å². The number of halogens is 2. The molecule has 1 amide bonds. The van der Waals surface area contributed by atoms with Crippen molar-refractivity contribution in [1.29, 1.82) is 0 Å². The van der Waals surface area contributed by atoms with E-state index < -0.39 is 32.7 Å². The fraction of sp³-hybridized carbons (Fsp3) is 0.500. The zero-order valence-electron chi connectivity index (χ0n) is 21.5. The van der Waals surface area contributed by atoms with Gasteiger partial charge in [0.15, 0.2) is 0 Å². The van der Waals surface area contributed by atoms with Gasteiger partial charge in [-0.25, -0.2) is 13.1 Å². The van der Waals surface area contributed by atoms with Gasteiger partial charge in [-0.15, -0.1) is 0 Å². The molecule has 1 aliphatic heterocycles. The largest absolute Gasteiger partial charge is 0.481 e. The summed E-state index contributed by atoms with van der Waals surface area (Å²) in [5.41, 5.74) is 0.613. The van der Waals surface area contributed by atoms with Crippen molar-refractivity contribution in [2.24, 2.45) is 11.3 Å². The van der Waals surface area contributed by atoms with E-state index in [0.29, 0.717) is 35.7 Å². The summed E-state index contributed by atoms with van der Waals surface area (Å²) in [6.45, 7) is 3.67. The van der Waals surface area contributed by atoms with Crippen LogP contribution in [0.5, 0.6) is 0 Å². The van der Waals surface area contributed by atoms with Gasteiger partial charge in [0, 0.05) is 28.0 Å². The summed E-state index contributed by atoms with van der Waals surface area (Å²) in [4.78, 5) is 24.8. The van der Waals surface area contributed by atoms with E-state index in [4.69, 9.17) is 23.2 Å². The van der Waals surface area contributed by atoms with E-state index >= 15 is 0 Å². The Morgan fingerprint density at radius 2 is 1.84 bits per heavy atom. The van der Waals surface area contributed by atoms with Crippen LogP contribution in [0.1, 0.15) is 75.5 Å². The van der Waals surface area contributed by atoms with Crippen molar-refractivity contribution >= 4 is 45.1 Å². The minimum absolute atomic E-state index is 0.165. The van der Waals surface area contributed by atoms with Crippen LogP contribution in [0, 0.1) is 11.3 Å². The quantitative estimate of drug-likeness (QED) is 0.334. The summed E-state index contributed by atoms with van der Waals surface area (Å²) in [7, 11) is -3.52. The van der Waals surface area contributed by atoms with Crippen LogP contribution in [0.2, 0.25) is 10.0 Å². The van der Waals surface area contributed by atoms with Gasteiger partial charge in [0.25, 0.3) is 0 Å². The Morgan fingerprint density at radius 1 is 1.16 bits per heavy atom. The highest BCUT2D eigenvalue weighted by Gasteiger charge is 2.47. The molecule has 5 unspecified atom stereocenters. The molecular formula is C28H34Cl2N2O5S. The second kappa shape index (κ2) is 11.5. The van der Waals surface area contributed by atoms with E-state index in [-0.39, 0.29) is 30.2 Å². The predicted octanol–water partition coefficient (Wildman–Crippen LogP) is 5.69. The maximum atomic E-state index is 13.2. The third-order valence-corrected chi connectivity index (χ3v) is 10.5. The Hall–Kier alpha value is -2.13. The average molecular weight is 582 g/mol. The number of nitrogens with one attached hydrogen (secondary N) is 2. The molecule has 2 aromatic rings. The van der Waals surface area contributed by atoms with Gasteiger partial charge in [0.2, 0.25) is 15.9 Å². The topological polar surface area (TPSA) is 113 Å². The molecule has 0 bridgehead atoms. The van der Waals surface area contributed by atoms with Crippen LogP contribution < -0.4 is 10.0 Å². The molecule has 2 aliphatic rings. The third kappa shape index (κ3) is 6.53. The van der Waals surface area contributed by atoms with E-state index in [1.807, 2.05) is 37.3 Å². The maximum absolute atomic E-state index is 13.2. The number of carboxylic acid groups (broad SMARTS) is 1. The fourth-order valence-corrected chi connectivity index (χ4v) is 7.76. The highest BCUT2D eigenvalue weighted by Crippen LogP contribution is 2.44. The van der Waals surface area contributed by atoms with Crippen molar-refractivity contribution in [2.75, 3.05) is 0 Å². The second-order valence-electron chi connectivity index (χ2n) is 11.0. The van der Waals surface area contributed by atoms with Crippen LogP contribution in [-0.2, 0) is 19.6 Å². The molecule has 1 saturated carbocycles. The first-order valence-corrected chi connectivity index (χ1v) is 15.2. The number of sulfonamides is 1. The molecule has 1 aliphatic carbocycles. The molecule has 3 N–H and O–H groups in total. The summed E-state index contributed by atoms with van der Waals surface area (Å²) in [6.07, 6.45) is 2.67. The van der Waals surface area contributed by atoms with Gasteiger partial charge >= 0.3 is 5.97 Å². The highest BCUT2D eigenvalue weighted by molar-refractivity contribution is 7.90. The van der Waals surface area contributed by atoms with Gasteiger partial charge in [-0.1, -0.05) is 67.7 Å². The van der Waals surface area contributed by atoms with Crippen LogP contribution in [0.25, 0.3) is 0 Å².